The van der Waals surface area contributed by atoms with Crippen LogP contribution in [0.4, 0.5) is 5.82 Å². The highest BCUT2D eigenvalue weighted by atomic mass is 16.5. The number of likely N-dealkylation sites (tertiary alicyclic amines) is 1. The third-order valence-corrected chi connectivity index (χ3v) is 3.64. The molecule has 0 saturated carbocycles. The first-order valence-electron chi connectivity index (χ1n) is 6.91. The molecule has 1 saturated heterocycles. The molecule has 2 heterocycles. The first-order valence-corrected chi connectivity index (χ1v) is 6.91. The van der Waals surface area contributed by atoms with Crippen molar-refractivity contribution in [3.63, 3.8) is 0 Å². The molecule has 0 aliphatic carbocycles. The molecule has 0 unspecified atom stereocenters. The van der Waals surface area contributed by atoms with Crippen LogP contribution in [-0.4, -0.2) is 61.3 Å². The Hall–Kier alpha value is -2.18. The van der Waals surface area contributed by atoms with Crippen LogP contribution >= 0.6 is 0 Å². The summed E-state index contributed by atoms with van der Waals surface area (Å²) in [5.41, 5.74) is 0.331. The van der Waals surface area contributed by atoms with Crippen molar-refractivity contribution >= 4 is 17.7 Å². The Labute approximate surface area is 123 Å². The summed E-state index contributed by atoms with van der Waals surface area (Å²) in [6, 6.07) is 3.44. The van der Waals surface area contributed by atoms with Gasteiger partial charge >= 0.3 is 5.97 Å². The lowest BCUT2D eigenvalue weighted by Gasteiger charge is -2.30. The normalized spacial score (nSPS) is 15.7. The fourth-order valence-corrected chi connectivity index (χ4v) is 2.32. The van der Waals surface area contributed by atoms with Crippen molar-refractivity contribution in [2.45, 2.75) is 12.8 Å². The van der Waals surface area contributed by atoms with Gasteiger partial charge in [0.25, 0.3) is 5.91 Å². The zero-order valence-corrected chi connectivity index (χ0v) is 12.6. The van der Waals surface area contributed by atoms with E-state index in [1.807, 2.05) is 19.0 Å². The predicted octanol–water partition coefficient (Wildman–Crippen LogP) is 0.568. The van der Waals surface area contributed by atoms with Crippen molar-refractivity contribution in [1.82, 2.24) is 15.1 Å². The monoisotopic (exact) mass is 292 g/mol. The second kappa shape index (κ2) is 6.51. The number of carbonyl (C=O) groups is 2. The first-order chi connectivity index (χ1) is 10.0. The fraction of sp³-hybridized carbons (Fsp3) is 0.571. The predicted molar refractivity (Wildman–Crippen MR) is 77.0 cm³/mol. The second-order valence-corrected chi connectivity index (χ2v) is 5.26. The summed E-state index contributed by atoms with van der Waals surface area (Å²) in [5, 5.41) is 7.98. The van der Waals surface area contributed by atoms with E-state index < -0.39 is 0 Å². The van der Waals surface area contributed by atoms with Crippen molar-refractivity contribution in [3.8, 4) is 0 Å². The van der Waals surface area contributed by atoms with E-state index in [1.165, 1.54) is 7.11 Å². The average molecular weight is 292 g/mol. The molecule has 1 aromatic heterocycles. The molecule has 1 aromatic rings. The molecule has 7 nitrogen and oxygen atoms in total. The summed E-state index contributed by atoms with van der Waals surface area (Å²) in [6.07, 6.45) is 1.25. The zero-order valence-electron chi connectivity index (χ0n) is 12.6. The van der Waals surface area contributed by atoms with Crippen LogP contribution in [0.1, 0.15) is 23.3 Å². The van der Waals surface area contributed by atoms with E-state index in [0.29, 0.717) is 37.4 Å². The Morgan fingerprint density at radius 1 is 1.24 bits per heavy atom. The van der Waals surface area contributed by atoms with E-state index in [-0.39, 0.29) is 17.8 Å². The quantitative estimate of drug-likeness (QED) is 0.758. The van der Waals surface area contributed by atoms with Crippen molar-refractivity contribution in [2.24, 2.45) is 5.92 Å². The molecule has 0 radical (unpaired) electrons. The maximum absolute atomic E-state index is 12.3. The Morgan fingerprint density at radius 2 is 1.90 bits per heavy atom. The molecule has 0 atom stereocenters. The number of methoxy groups -OCH3 is 1. The highest BCUT2D eigenvalue weighted by Crippen LogP contribution is 2.19. The van der Waals surface area contributed by atoms with Gasteiger partial charge in [0, 0.05) is 27.2 Å². The first kappa shape index (κ1) is 15.2. The summed E-state index contributed by atoms with van der Waals surface area (Å²) in [5.74, 6) is 0.255. The Morgan fingerprint density at radius 3 is 2.38 bits per heavy atom. The van der Waals surface area contributed by atoms with Gasteiger partial charge in [0.15, 0.2) is 11.5 Å². The van der Waals surface area contributed by atoms with E-state index in [0.717, 1.165) is 0 Å². The van der Waals surface area contributed by atoms with Gasteiger partial charge in [-0.15, -0.1) is 10.2 Å². The van der Waals surface area contributed by atoms with Crippen molar-refractivity contribution < 1.29 is 14.3 Å². The van der Waals surface area contributed by atoms with Crippen LogP contribution in [0, 0.1) is 5.92 Å². The summed E-state index contributed by atoms with van der Waals surface area (Å²) in [4.78, 5) is 27.3. The third-order valence-electron chi connectivity index (χ3n) is 3.64. The lowest BCUT2D eigenvalue weighted by molar-refractivity contribution is -0.146. The third kappa shape index (κ3) is 3.48. The van der Waals surface area contributed by atoms with Crippen LogP contribution < -0.4 is 4.90 Å². The molecule has 114 valence electrons. The lowest BCUT2D eigenvalue weighted by atomic mass is 9.97. The summed E-state index contributed by atoms with van der Waals surface area (Å²) in [7, 11) is 5.12. The highest BCUT2D eigenvalue weighted by Gasteiger charge is 2.28. The van der Waals surface area contributed by atoms with Crippen molar-refractivity contribution in [3.05, 3.63) is 17.8 Å². The van der Waals surface area contributed by atoms with Crippen LogP contribution in [0.25, 0.3) is 0 Å². The maximum atomic E-state index is 12.3. The number of amides is 1. The Kier molecular flexibility index (Phi) is 4.72. The van der Waals surface area contributed by atoms with Crippen LogP contribution in [0.2, 0.25) is 0 Å². The molecule has 0 aromatic carbocycles. The molecule has 21 heavy (non-hydrogen) atoms. The van der Waals surface area contributed by atoms with Gasteiger partial charge in [0.05, 0.1) is 13.0 Å². The number of esters is 1. The van der Waals surface area contributed by atoms with E-state index in [4.69, 9.17) is 4.74 Å². The second-order valence-electron chi connectivity index (χ2n) is 5.26. The molecule has 1 aliphatic heterocycles. The van der Waals surface area contributed by atoms with Crippen LogP contribution in [-0.2, 0) is 9.53 Å². The summed E-state index contributed by atoms with van der Waals surface area (Å²) in [6.45, 7) is 1.07. The lowest BCUT2D eigenvalue weighted by Crippen LogP contribution is -2.40. The molecule has 0 spiro atoms. The summed E-state index contributed by atoms with van der Waals surface area (Å²) < 4.78 is 4.74. The molecular formula is C14H20N4O3. The van der Waals surface area contributed by atoms with E-state index in [2.05, 4.69) is 10.2 Å². The van der Waals surface area contributed by atoms with Gasteiger partial charge in [-0.3, -0.25) is 9.59 Å². The van der Waals surface area contributed by atoms with Crippen LogP contribution in [0.15, 0.2) is 12.1 Å². The molecule has 1 amide bonds. The number of rotatable bonds is 3. The minimum atomic E-state index is -0.197. The van der Waals surface area contributed by atoms with Crippen LogP contribution in [0.5, 0.6) is 0 Å². The van der Waals surface area contributed by atoms with E-state index in [1.54, 1.807) is 17.0 Å². The van der Waals surface area contributed by atoms with Crippen molar-refractivity contribution in [2.75, 3.05) is 39.2 Å². The van der Waals surface area contributed by atoms with Gasteiger partial charge < -0.3 is 14.5 Å². The number of aromatic nitrogens is 2. The smallest absolute Gasteiger partial charge is 0.308 e. The average Bonchev–Trinajstić information content (AvgIpc) is 2.53. The summed E-state index contributed by atoms with van der Waals surface area (Å²) >= 11 is 0. The topological polar surface area (TPSA) is 75.6 Å². The fourth-order valence-electron chi connectivity index (χ4n) is 2.32. The van der Waals surface area contributed by atoms with Crippen LogP contribution in [0.3, 0.4) is 0 Å². The number of hydrogen-bond acceptors (Lipinski definition) is 6. The minimum Gasteiger partial charge on any atom is -0.469 e. The molecular weight excluding hydrogens is 272 g/mol. The molecule has 1 aliphatic rings. The van der Waals surface area contributed by atoms with E-state index >= 15 is 0 Å². The Bertz CT molecular complexity index is 507. The minimum absolute atomic E-state index is 0.110. The van der Waals surface area contributed by atoms with Gasteiger partial charge in [-0.2, -0.15) is 0 Å². The number of anilines is 1. The molecule has 2 rings (SSSR count). The zero-order chi connectivity index (χ0) is 15.4. The highest BCUT2D eigenvalue weighted by molar-refractivity contribution is 5.92. The molecule has 1 fully saturated rings. The van der Waals surface area contributed by atoms with Crippen molar-refractivity contribution in [1.29, 1.82) is 0 Å². The van der Waals surface area contributed by atoms with Gasteiger partial charge in [-0.1, -0.05) is 0 Å². The number of nitrogens with zero attached hydrogens (tertiary/aromatic N) is 4. The molecule has 0 N–H and O–H groups in total. The van der Waals surface area contributed by atoms with E-state index in [9.17, 15) is 9.59 Å². The molecule has 0 bridgehead atoms. The number of hydrogen-bond donors (Lipinski definition) is 0. The van der Waals surface area contributed by atoms with Gasteiger partial charge in [-0.25, -0.2) is 0 Å². The number of piperidine rings is 1. The van der Waals surface area contributed by atoms with Gasteiger partial charge in [-0.05, 0) is 25.0 Å². The largest absolute Gasteiger partial charge is 0.469 e. The SMILES string of the molecule is COC(=O)C1CCN(C(=O)c2ccc(N(C)C)nn2)CC1. The number of carbonyl (C=O) groups excluding carboxylic acids is 2. The van der Waals surface area contributed by atoms with Gasteiger partial charge in [0.2, 0.25) is 0 Å². The molecule has 7 heteroatoms. The standard InChI is InChI=1S/C14H20N4O3/c1-17(2)12-5-4-11(15-16-12)13(19)18-8-6-10(7-9-18)14(20)21-3/h4-5,10H,6-9H2,1-3H3. The Balaban J connectivity index is 1.97. The maximum Gasteiger partial charge on any atom is 0.308 e. The van der Waals surface area contributed by atoms with Gasteiger partial charge in [0.1, 0.15) is 0 Å². The number of ether oxygens (including phenoxy) is 1.